The minimum atomic E-state index is -0.682. The molecule has 2 fully saturated rings. The highest BCUT2D eigenvalue weighted by Crippen LogP contribution is 2.35. The molecule has 3 amide bonds. The number of nitrogens with zero attached hydrogens (tertiary/aromatic N) is 2. The molecule has 0 aliphatic carbocycles. The van der Waals surface area contributed by atoms with Crippen LogP contribution in [0.3, 0.4) is 0 Å². The first-order chi connectivity index (χ1) is 10.5. The second kappa shape index (κ2) is 5.61. The third-order valence-corrected chi connectivity index (χ3v) is 4.20. The fraction of sp³-hybridized carbons (Fsp3) is 0.400. The molecular weight excluding hydrogens is 308 g/mol. The Morgan fingerprint density at radius 2 is 1.95 bits per heavy atom. The largest absolute Gasteiger partial charge is 0.464 e. The molecule has 1 aromatic rings. The van der Waals surface area contributed by atoms with E-state index in [4.69, 9.17) is 16.3 Å². The molecule has 0 saturated carbocycles. The van der Waals surface area contributed by atoms with Gasteiger partial charge in [-0.05, 0) is 44.0 Å². The van der Waals surface area contributed by atoms with Crippen molar-refractivity contribution in [3.05, 3.63) is 29.3 Å². The molecule has 2 aliphatic rings. The van der Waals surface area contributed by atoms with E-state index in [1.54, 1.807) is 31.2 Å². The first-order valence-electron chi connectivity index (χ1n) is 7.13. The lowest BCUT2D eigenvalue weighted by atomic mass is 10.1. The van der Waals surface area contributed by atoms with E-state index >= 15 is 0 Å². The number of carbonyl (C=O) groups excluding carboxylic acids is 3. The average molecular weight is 323 g/mol. The first-order valence-corrected chi connectivity index (χ1v) is 7.51. The van der Waals surface area contributed by atoms with Crippen LogP contribution in [0.25, 0.3) is 0 Å². The SMILES string of the molecule is CCOC(=O)[C@H]1CC[C@H]2C(=O)N(c3ccc(Cl)cc3)C(=O)N12. The van der Waals surface area contributed by atoms with Gasteiger partial charge >= 0.3 is 12.0 Å². The number of imide groups is 1. The Labute approximate surface area is 132 Å². The highest BCUT2D eigenvalue weighted by Gasteiger charge is 2.54. The van der Waals surface area contributed by atoms with Gasteiger partial charge in [0.25, 0.3) is 5.91 Å². The van der Waals surface area contributed by atoms with Crippen LogP contribution in [-0.2, 0) is 14.3 Å². The minimum Gasteiger partial charge on any atom is -0.464 e. The number of hydrogen-bond acceptors (Lipinski definition) is 4. The number of hydrogen-bond donors (Lipinski definition) is 0. The maximum Gasteiger partial charge on any atom is 0.332 e. The molecule has 1 aromatic carbocycles. The molecule has 2 heterocycles. The zero-order valence-corrected chi connectivity index (χ0v) is 12.7. The van der Waals surface area contributed by atoms with Gasteiger partial charge in [-0.2, -0.15) is 0 Å². The highest BCUT2D eigenvalue weighted by molar-refractivity contribution is 6.30. The fourth-order valence-corrected chi connectivity index (χ4v) is 3.10. The molecule has 6 nitrogen and oxygen atoms in total. The van der Waals surface area contributed by atoms with Crippen LogP contribution >= 0.6 is 11.6 Å². The van der Waals surface area contributed by atoms with Crippen LogP contribution in [0.1, 0.15) is 19.8 Å². The predicted octanol–water partition coefficient (Wildman–Crippen LogP) is 2.20. The number of fused-ring (bicyclic) bond motifs is 1. The minimum absolute atomic E-state index is 0.247. The van der Waals surface area contributed by atoms with E-state index in [0.717, 1.165) is 4.90 Å². The molecule has 2 aliphatic heterocycles. The number of urea groups is 1. The van der Waals surface area contributed by atoms with Crippen molar-refractivity contribution >= 4 is 35.2 Å². The zero-order chi connectivity index (χ0) is 15.9. The van der Waals surface area contributed by atoms with Gasteiger partial charge < -0.3 is 4.74 Å². The number of esters is 1. The van der Waals surface area contributed by atoms with Crippen molar-refractivity contribution in [3.63, 3.8) is 0 Å². The number of halogens is 1. The van der Waals surface area contributed by atoms with Crippen LogP contribution < -0.4 is 4.90 Å². The van der Waals surface area contributed by atoms with Gasteiger partial charge in [0, 0.05) is 5.02 Å². The Balaban J connectivity index is 1.88. The van der Waals surface area contributed by atoms with E-state index in [-0.39, 0.29) is 12.5 Å². The maximum absolute atomic E-state index is 12.6. The lowest BCUT2D eigenvalue weighted by molar-refractivity contribution is -0.147. The summed E-state index contributed by atoms with van der Waals surface area (Å²) in [5.74, 6) is -0.761. The normalized spacial score (nSPS) is 23.9. The Bertz CT molecular complexity index is 631. The Morgan fingerprint density at radius 3 is 2.59 bits per heavy atom. The van der Waals surface area contributed by atoms with Gasteiger partial charge in [-0.3, -0.25) is 9.69 Å². The lowest BCUT2D eigenvalue weighted by Gasteiger charge is -2.21. The summed E-state index contributed by atoms with van der Waals surface area (Å²) >= 11 is 5.83. The Hall–Kier alpha value is -2.08. The molecule has 0 bridgehead atoms. The number of benzene rings is 1. The van der Waals surface area contributed by atoms with E-state index in [1.165, 1.54) is 4.90 Å². The number of rotatable bonds is 3. The van der Waals surface area contributed by atoms with Crippen molar-refractivity contribution < 1.29 is 19.1 Å². The third kappa shape index (κ3) is 2.23. The third-order valence-electron chi connectivity index (χ3n) is 3.95. The van der Waals surface area contributed by atoms with E-state index < -0.39 is 24.1 Å². The van der Waals surface area contributed by atoms with Gasteiger partial charge in [0.1, 0.15) is 12.1 Å². The van der Waals surface area contributed by atoms with E-state index in [0.29, 0.717) is 23.6 Å². The van der Waals surface area contributed by atoms with Gasteiger partial charge in [0.2, 0.25) is 0 Å². The van der Waals surface area contributed by atoms with Crippen LogP contribution in [0.15, 0.2) is 24.3 Å². The molecule has 116 valence electrons. The van der Waals surface area contributed by atoms with Crippen LogP contribution in [0.4, 0.5) is 10.5 Å². The summed E-state index contributed by atoms with van der Waals surface area (Å²) < 4.78 is 4.99. The Morgan fingerprint density at radius 1 is 1.27 bits per heavy atom. The summed E-state index contributed by atoms with van der Waals surface area (Å²) in [6.07, 6.45) is 0.924. The smallest absolute Gasteiger partial charge is 0.332 e. The lowest BCUT2D eigenvalue weighted by Crippen LogP contribution is -2.43. The van der Waals surface area contributed by atoms with Crippen LogP contribution in [-0.4, -0.2) is 41.5 Å². The van der Waals surface area contributed by atoms with Crippen LogP contribution in [0.2, 0.25) is 5.02 Å². The van der Waals surface area contributed by atoms with E-state index in [2.05, 4.69) is 0 Å². The second-order valence-corrected chi connectivity index (χ2v) is 5.64. The van der Waals surface area contributed by atoms with Crippen molar-refractivity contribution in [2.75, 3.05) is 11.5 Å². The average Bonchev–Trinajstić information content (AvgIpc) is 3.03. The monoisotopic (exact) mass is 322 g/mol. The van der Waals surface area contributed by atoms with Gasteiger partial charge in [0.05, 0.1) is 12.3 Å². The predicted molar refractivity (Wildman–Crippen MR) is 79.6 cm³/mol. The maximum atomic E-state index is 12.6. The zero-order valence-electron chi connectivity index (χ0n) is 12.0. The van der Waals surface area contributed by atoms with E-state index in [9.17, 15) is 14.4 Å². The molecule has 3 rings (SSSR count). The summed E-state index contributed by atoms with van der Waals surface area (Å²) in [7, 11) is 0. The topological polar surface area (TPSA) is 66.9 Å². The molecule has 2 atom stereocenters. The summed E-state index contributed by atoms with van der Waals surface area (Å²) in [5.41, 5.74) is 0.455. The molecule has 7 heteroatoms. The molecule has 2 saturated heterocycles. The fourth-order valence-electron chi connectivity index (χ4n) is 2.98. The number of amides is 3. The first kappa shape index (κ1) is 14.8. The molecule has 0 N–H and O–H groups in total. The quantitative estimate of drug-likeness (QED) is 0.632. The number of ether oxygens (including phenoxy) is 1. The van der Waals surface area contributed by atoms with E-state index in [1.807, 2.05) is 0 Å². The van der Waals surface area contributed by atoms with Crippen LogP contribution in [0.5, 0.6) is 0 Å². The summed E-state index contributed by atoms with van der Waals surface area (Å²) in [6, 6.07) is 4.71. The van der Waals surface area contributed by atoms with Crippen molar-refractivity contribution in [2.24, 2.45) is 0 Å². The number of anilines is 1. The molecular formula is C15H15ClN2O4. The second-order valence-electron chi connectivity index (χ2n) is 5.20. The van der Waals surface area contributed by atoms with Crippen molar-refractivity contribution in [1.29, 1.82) is 0 Å². The molecule has 0 spiro atoms. The van der Waals surface area contributed by atoms with Crippen molar-refractivity contribution in [1.82, 2.24) is 4.90 Å². The molecule has 22 heavy (non-hydrogen) atoms. The van der Waals surface area contributed by atoms with Gasteiger partial charge in [-0.1, -0.05) is 11.6 Å². The summed E-state index contributed by atoms with van der Waals surface area (Å²) in [4.78, 5) is 39.5. The van der Waals surface area contributed by atoms with Gasteiger partial charge in [0.15, 0.2) is 0 Å². The van der Waals surface area contributed by atoms with Gasteiger partial charge in [-0.15, -0.1) is 0 Å². The highest BCUT2D eigenvalue weighted by atomic mass is 35.5. The molecule has 0 radical (unpaired) electrons. The Kier molecular flexibility index (Phi) is 3.78. The molecule has 0 aromatic heterocycles. The molecule has 0 unspecified atom stereocenters. The number of carbonyl (C=O) groups is 3. The summed E-state index contributed by atoms with van der Waals surface area (Å²) in [5, 5.41) is 0.521. The van der Waals surface area contributed by atoms with Crippen molar-refractivity contribution in [3.8, 4) is 0 Å². The van der Waals surface area contributed by atoms with Crippen LogP contribution in [0, 0.1) is 0 Å². The standard InChI is InChI=1S/C15H15ClN2O4/c1-2-22-14(20)12-8-7-11-13(19)17(15(21)18(11)12)10-5-3-9(16)4-6-10/h3-6,11-12H,2,7-8H2,1H3/t11-,12+/m0/s1. The summed E-state index contributed by atoms with van der Waals surface area (Å²) in [6.45, 7) is 1.96. The van der Waals surface area contributed by atoms with Gasteiger partial charge in [-0.25, -0.2) is 14.5 Å². The van der Waals surface area contributed by atoms with Crippen molar-refractivity contribution in [2.45, 2.75) is 31.8 Å².